The number of aryl methyl sites for hydroxylation is 3. The summed E-state index contributed by atoms with van der Waals surface area (Å²) in [5.74, 6) is -0.800. The van der Waals surface area contributed by atoms with Crippen molar-refractivity contribution in [3.8, 4) is 0 Å². The maximum Gasteiger partial charge on any atom is 0.308 e. The standard InChI is InChI=1S/C23H22N2O4S/c1-16-15-30-23(28)24(16)13-12-22(27)29-14-21(26)25-19-8-4-2-6-17(19)10-11-18-7-3-5-9-20(18)25/h2-9,15H,10-14H2,1H3. The van der Waals surface area contributed by atoms with Crippen molar-refractivity contribution >= 4 is 34.6 Å². The van der Waals surface area contributed by atoms with Gasteiger partial charge < -0.3 is 9.30 Å². The van der Waals surface area contributed by atoms with Crippen LogP contribution in [-0.4, -0.2) is 23.1 Å². The van der Waals surface area contributed by atoms with E-state index in [0.717, 1.165) is 52.4 Å². The zero-order valence-electron chi connectivity index (χ0n) is 16.7. The first kappa shape index (κ1) is 20.1. The van der Waals surface area contributed by atoms with Crippen molar-refractivity contribution in [3.63, 3.8) is 0 Å². The van der Waals surface area contributed by atoms with Crippen LogP contribution in [0.5, 0.6) is 0 Å². The van der Waals surface area contributed by atoms with E-state index in [-0.39, 0.29) is 30.4 Å². The van der Waals surface area contributed by atoms with Gasteiger partial charge in [0.15, 0.2) is 6.61 Å². The summed E-state index contributed by atoms with van der Waals surface area (Å²) in [6, 6.07) is 15.6. The van der Waals surface area contributed by atoms with E-state index in [1.54, 1.807) is 10.3 Å². The number of aromatic nitrogens is 1. The van der Waals surface area contributed by atoms with Gasteiger partial charge in [-0.3, -0.25) is 19.3 Å². The number of esters is 1. The predicted octanol–water partition coefficient (Wildman–Crippen LogP) is 3.62. The van der Waals surface area contributed by atoms with E-state index in [0.29, 0.717) is 0 Å². The average molecular weight is 423 g/mol. The molecule has 3 aromatic rings. The van der Waals surface area contributed by atoms with Crippen molar-refractivity contribution in [1.82, 2.24) is 4.57 Å². The van der Waals surface area contributed by atoms with Gasteiger partial charge in [0.25, 0.3) is 5.91 Å². The third-order valence-electron chi connectivity index (χ3n) is 5.25. The Bertz CT molecular complexity index is 1100. The van der Waals surface area contributed by atoms with Crippen LogP contribution in [0.15, 0.2) is 58.7 Å². The number of anilines is 2. The predicted molar refractivity (Wildman–Crippen MR) is 116 cm³/mol. The van der Waals surface area contributed by atoms with Crippen molar-refractivity contribution in [1.29, 1.82) is 0 Å². The Labute approximate surface area is 178 Å². The molecule has 0 fully saturated rings. The van der Waals surface area contributed by atoms with Gasteiger partial charge in [-0.1, -0.05) is 47.7 Å². The maximum absolute atomic E-state index is 13.1. The summed E-state index contributed by atoms with van der Waals surface area (Å²) in [7, 11) is 0. The van der Waals surface area contributed by atoms with Crippen molar-refractivity contribution in [2.45, 2.75) is 32.7 Å². The molecule has 1 amide bonds. The molecule has 1 aliphatic rings. The highest BCUT2D eigenvalue weighted by Gasteiger charge is 2.26. The monoisotopic (exact) mass is 422 g/mol. The van der Waals surface area contributed by atoms with Gasteiger partial charge in [0.05, 0.1) is 17.8 Å². The van der Waals surface area contributed by atoms with Crippen LogP contribution in [0.4, 0.5) is 11.4 Å². The van der Waals surface area contributed by atoms with E-state index in [1.807, 2.05) is 55.5 Å². The summed E-state index contributed by atoms with van der Waals surface area (Å²) in [5, 5.41) is 1.76. The summed E-state index contributed by atoms with van der Waals surface area (Å²) in [5.41, 5.74) is 4.63. The normalized spacial score (nSPS) is 12.6. The van der Waals surface area contributed by atoms with Gasteiger partial charge >= 0.3 is 10.8 Å². The molecule has 154 valence electrons. The maximum atomic E-state index is 13.1. The fraction of sp³-hybridized carbons (Fsp3) is 0.261. The molecule has 30 heavy (non-hydrogen) atoms. The highest BCUT2D eigenvalue weighted by molar-refractivity contribution is 7.07. The van der Waals surface area contributed by atoms with Crippen LogP contribution >= 0.6 is 11.3 Å². The van der Waals surface area contributed by atoms with E-state index in [9.17, 15) is 14.4 Å². The minimum Gasteiger partial charge on any atom is -0.455 e. The first-order valence-corrected chi connectivity index (χ1v) is 10.7. The smallest absolute Gasteiger partial charge is 0.308 e. The number of benzene rings is 2. The molecular weight excluding hydrogens is 400 g/mol. The second kappa shape index (κ2) is 8.67. The number of nitrogens with zero attached hydrogens (tertiary/aromatic N) is 2. The largest absolute Gasteiger partial charge is 0.455 e. The zero-order valence-corrected chi connectivity index (χ0v) is 17.5. The van der Waals surface area contributed by atoms with Gasteiger partial charge in [-0.15, -0.1) is 0 Å². The van der Waals surface area contributed by atoms with Gasteiger partial charge in [0.2, 0.25) is 0 Å². The van der Waals surface area contributed by atoms with Crippen molar-refractivity contribution in [3.05, 3.63) is 80.4 Å². The van der Waals surface area contributed by atoms with Gasteiger partial charge in [-0.05, 0) is 43.0 Å². The first-order valence-electron chi connectivity index (χ1n) is 9.84. The quantitative estimate of drug-likeness (QED) is 0.589. The summed E-state index contributed by atoms with van der Waals surface area (Å²) in [4.78, 5) is 38.6. The van der Waals surface area contributed by atoms with Crippen molar-refractivity contribution in [2.24, 2.45) is 0 Å². The molecule has 0 unspecified atom stereocenters. The first-order chi connectivity index (χ1) is 14.5. The Hall–Kier alpha value is -3.19. The summed E-state index contributed by atoms with van der Waals surface area (Å²) in [6.07, 6.45) is 1.72. The molecule has 0 spiro atoms. The molecule has 1 aliphatic heterocycles. The number of thiazole rings is 1. The molecule has 0 atom stereocenters. The Kier molecular flexibility index (Phi) is 5.81. The lowest BCUT2D eigenvalue weighted by Crippen LogP contribution is -2.31. The SMILES string of the molecule is Cc1csc(=O)n1CCC(=O)OCC(=O)N1c2ccccc2CCc2ccccc21. The number of fused-ring (bicyclic) bond motifs is 2. The highest BCUT2D eigenvalue weighted by Crippen LogP contribution is 2.35. The lowest BCUT2D eigenvalue weighted by Gasteiger charge is -2.24. The van der Waals surface area contributed by atoms with Crippen LogP contribution in [0.3, 0.4) is 0 Å². The molecule has 0 bridgehead atoms. The minimum absolute atomic E-state index is 0.0396. The fourth-order valence-corrected chi connectivity index (χ4v) is 4.47. The number of hydrogen-bond acceptors (Lipinski definition) is 5. The Balaban J connectivity index is 1.48. The van der Waals surface area contributed by atoms with Gasteiger partial charge in [0.1, 0.15) is 0 Å². The number of rotatable bonds is 5. The Morgan fingerprint density at radius 2 is 1.60 bits per heavy atom. The van der Waals surface area contributed by atoms with Crippen LogP contribution in [0, 0.1) is 6.92 Å². The van der Waals surface area contributed by atoms with E-state index in [1.165, 1.54) is 4.57 Å². The minimum atomic E-state index is -0.503. The fourth-order valence-electron chi connectivity index (χ4n) is 3.71. The van der Waals surface area contributed by atoms with E-state index in [4.69, 9.17) is 4.74 Å². The number of hydrogen-bond donors (Lipinski definition) is 0. The van der Waals surface area contributed by atoms with Gasteiger partial charge in [-0.2, -0.15) is 0 Å². The second-order valence-corrected chi connectivity index (χ2v) is 8.01. The number of carbonyl (C=O) groups excluding carboxylic acids is 2. The zero-order chi connectivity index (χ0) is 21.1. The summed E-state index contributed by atoms with van der Waals surface area (Å²) < 4.78 is 6.80. The summed E-state index contributed by atoms with van der Waals surface area (Å²) in [6.45, 7) is 1.72. The molecule has 0 radical (unpaired) electrons. The Morgan fingerprint density at radius 3 is 2.17 bits per heavy atom. The van der Waals surface area contributed by atoms with E-state index in [2.05, 4.69) is 0 Å². The Morgan fingerprint density at radius 1 is 1.00 bits per heavy atom. The lowest BCUT2D eigenvalue weighted by molar-refractivity contribution is -0.147. The molecule has 0 saturated heterocycles. The molecule has 0 saturated carbocycles. The average Bonchev–Trinajstić information content (AvgIpc) is 2.98. The van der Waals surface area contributed by atoms with Crippen molar-refractivity contribution < 1.29 is 14.3 Å². The van der Waals surface area contributed by atoms with Gasteiger partial charge in [0, 0.05) is 17.6 Å². The third-order valence-corrected chi connectivity index (χ3v) is 6.13. The lowest BCUT2D eigenvalue weighted by atomic mass is 10.0. The van der Waals surface area contributed by atoms with Crippen LogP contribution in [0.2, 0.25) is 0 Å². The number of para-hydroxylation sites is 2. The molecule has 4 rings (SSSR count). The van der Waals surface area contributed by atoms with E-state index < -0.39 is 5.97 Å². The molecule has 2 heterocycles. The third kappa shape index (κ3) is 4.07. The molecule has 6 nitrogen and oxygen atoms in total. The topological polar surface area (TPSA) is 68.6 Å². The van der Waals surface area contributed by atoms with E-state index >= 15 is 0 Å². The number of amides is 1. The molecule has 2 aromatic carbocycles. The second-order valence-electron chi connectivity index (χ2n) is 7.19. The molecular formula is C23H22N2O4S. The van der Waals surface area contributed by atoms with Crippen LogP contribution in [-0.2, 0) is 33.7 Å². The summed E-state index contributed by atoms with van der Waals surface area (Å²) >= 11 is 1.10. The highest BCUT2D eigenvalue weighted by atomic mass is 32.1. The van der Waals surface area contributed by atoms with Crippen LogP contribution < -0.4 is 9.77 Å². The number of ether oxygens (including phenoxy) is 1. The van der Waals surface area contributed by atoms with Crippen LogP contribution in [0.25, 0.3) is 0 Å². The molecule has 7 heteroatoms. The molecule has 0 N–H and O–H groups in total. The van der Waals surface area contributed by atoms with Crippen LogP contribution in [0.1, 0.15) is 23.2 Å². The van der Waals surface area contributed by atoms with Gasteiger partial charge in [-0.25, -0.2) is 0 Å². The molecule has 0 aliphatic carbocycles. The molecule has 1 aromatic heterocycles. The number of carbonyl (C=O) groups is 2. The van der Waals surface area contributed by atoms with Crippen molar-refractivity contribution in [2.75, 3.05) is 11.5 Å².